The molecule has 7 aromatic rings. The number of fused-ring (bicyclic) bond motifs is 6. The van der Waals surface area contributed by atoms with Crippen molar-refractivity contribution in [2.24, 2.45) is 5.92 Å². The van der Waals surface area contributed by atoms with Gasteiger partial charge in [-0.15, -0.1) is 0 Å². The molecule has 212 valence electrons. The van der Waals surface area contributed by atoms with E-state index in [2.05, 4.69) is 162 Å². The molecule has 0 radical (unpaired) electrons. The first-order valence-corrected chi connectivity index (χ1v) is 15.8. The average molecular weight is 567 g/mol. The Balaban J connectivity index is 1.24. The summed E-state index contributed by atoms with van der Waals surface area (Å²) in [5.41, 5.74) is 10.5. The van der Waals surface area contributed by atoms with Crippen molar-refractivity contribution in [2.45, 2.75) is 31.6 Å². The Hall–Kier alpha value is -5.08. The van der Waals surface area contributed by atoms with E-state index in [0.717, 1.165) is 18.0 Å². The van der Waals surface area contributed by atoms with Gasteiger partial charge in [0, 0.05) is 33.2 Å². The van der Waals surface area contributed by atoms with Gasteiger partial charge in [0.25, 0.3) is 0 Å². The number of hydrogen-bond donors (Lipinski definition) is 0. The predicted molar refractivity (Wildman–Crippen MR) is 186 cm³/mol. The number of para-hydroxylation sites is 3. The summed E-state index contributed by atoms with van der Waals surface area (Å²) in [6.07, 6.45) is 6.24. The van der Waals surface area contributed by atoms with Crippen LogP contribution in [0.4, 0.5) is 17.1 Å². The van der Waals surface area contributed by atoms with Gasteiger partial charge < -0.3 is 9.47 Å². The molecule has 0 amide bonds. The van der Waals surface area contributed by atoms with Crippen LogP contribution < -0.4 is 4.90 Å². The lowest BCUT2D eigenvalue weighted by Crippen LogP contribution is -2.24. The lowest BCUT2D eigenvalue weighted by Gasteiger charge is -2.32. The predicted octanol–water partition coefficient (Wildman–Crippen LogP) is 11.4. The lowest BCUT2D eigenvalue weighted by molar-refractivity contribution is 0.406. The molecule has 2 aliphatic rings. The average Bonchev–Trinajstić information content (AvgIpc) is 3.76. The monoisotopic (exact) mass is 566 g/mol. The third-order valence-corrected chi connectivity index (χ3v) is 10.1. The van der Waals surface area contributed by atoms with Crippen LogP contribution >= 0.6 is 0 Å². The number of benzene rings is 6. The molecule has 2 nitrogen and oxygen atoms in total. The Morgan fingerprint density at radius 1 is 0.614 bits per heavy atom. The van der Waals surface area contributed by atoms with E-state index in [1.165, 1.54) is 68.0 Å². The minimum absolute atomic E-state index is 0.221. The third kappa shape index (κ3) is 3.94. The fourth-order valence-corrected chi connectivity index (χ4v) is 7.77. The first-order chi connectivity index (χ1) is 21.7. The summed E-state index contributed by atoms with van der Waals surface area (Å²) in [5.74, 6) is 0.814. The highest BCUT2D eigenvalue weighted by Gasteiger charge is 2.41. The molecule has 0 spiro atoms. The van der Waals surface area contributed by atoms with Gasteiger partial charge in [0.15, 0.2) is 0 Å². The zero-order valence-corrected chi connectivity index (χ0v) is 24.9. The maximum atomic E-state index is 2.50. The van der Waals surface area contributed by atoms with Crippen molar-refractivity contribution in [2.75, 3.05) is 4.90 Å². The normalized spacial score (nSPS) is 19.2. The van der Waals surface area contributed by atoms with Crippen molar-refractivity contribution in [1.82, 2.24) is 4.57 Å². The van der Waals surface area contributed by atoms with Gasteiger partial charge in [-0.3, -0.25) is 0 Å². The molecule has 0 bridgehead atoms. The van der Waals surface area contributed by atoms with Gasteiger partial charge >= 0.3 is 0 Å². The van der Waals surface area contributed by atoms with Crippen LogP contribution in [0.2, 0.25) is 0 Å². The van der Waals surface area contributed by atoms with E-state index in [-0.39, 0.29) is 5.41 Å². The molecule has 2 unspecified atom stereocenters. The lowest BCUT2D eigenvalue weighted by atomic mass is 9.73. The molecular formula is C42H34N2. The highest BCUT2D eigenvalue weighted by molar-refractivity contribution is 6.23. The highest BCUT2D eigenvalue weighted by Crippen LogP contribution is 2.53. The molecule has 0 saturated heterocycles. The standard InChI is InChI=1S/C42H34N2/c1-42(26-25-29-27-30(29)28-42)31-19-21-34(22-20-31)43(32-11-4-2-5-12-32)38-18-10-16-36-35(38)23-24-40-41(36)37-15-8-9-17-39(37)44(40)33-13-6-3-7-14-33/h2-25,30H,26-28H2,1H3. The molecule has 2 heteroatoms. The summed E-state index contributed by atoms with van der Waals surface area (Å²) in [4.78, 5) is 2.43. The van der Waals surface area contributed by atoms with Gasteiger partial charge in [0.05, 0.1) is 16.7 Å². The molecule has 0 N–H and O–H groups in total. The Bertz CT molecular complexity index is 2210. The van der Waals surface area contributed by atoms with Crippen molar-refractivity contribution in [3.8, 4) is 5.69 Å². The zero-order valence-electron chi connectivity index (χ0n) is 24.9. The summed E-state index contributed by atoms with van der Waals surface area (Å²) in [6, 6.07) is 51.1. The van der Waals surface area contributed by atoms with Gasteiger partial charge in [-0.2, -0.15) is 0 Å². The molecule has 1 heterocycles. The van der Waals surface area contributed by atoms with E-state index < -0.39 is 0 Å². The Morgan fingerprint density at radius 3 is 2.11 bits per heavy atom. The van der Waals surface area contributed by atoms with E-state index in [4.69, 9.17) is 0 Å². The molecule has 0 aliphatic heterocycles. The number of hydrogen-bond acceptors (Lipinski definition) is 1. The fraction of sp³-hybridized carbons (Fsp3) is 0.143. The minimum Gasteiger partial charge on any atom is -0.310 e. The summed E-state index contributed by atoms with van der Waals surface area (Å²) in [5, 5.41) is 5.09. The second kappa shape index (κ2) is 9.72. The SMILES string of the molecule is CC1(c2ccc(N(c3ccccc3)c3cccc4c3ccc3c4c4ccccc4n3-c3ccccc3)cc2)CC=C2CC2C1. The zero-order chi connectivity index (χ0) is 29.3. The van der Waals surface area contributed by atoms with Crippen LogP contribution in [0.25, 0.3) is 38.3 Å². The Labute approximate surface area is 258 Å². The summed E-state index contributed by atoms with van der Waals surface area (Å²) in [6.45, 7) is 2.45. The molecule has 1 aromatic heterocycles. The maximum absolute atomic E-state index is 2.50. The Kier molecular flexibility index (Phi) is 5.62. The Morgan fingerprint density at radius 2 is 1.32 bits per heavy atom. The van der Waals surface area contributed by atoms with Crippen molar-refractivity contribution in [3.05, 3.63) is 157 Å². The van der Waals surface area contributed by atoms with E-state index in [1.54, 1.807) is 5.57 Å². The van der Waals surface area contributed by atoms with Crippen molar-refractivity contribution < 1.29 is 0 Å². The van der Waals surface area contributed by atoms with Gasteiger partial charge in [0.2, 0.25) is 0 Å². The number of nitrogens with zero attached hydrogens (tertiary/aromatic N) is 2. The minimum atomic E-state index is 0.221. The van der Waals surface area contributed by atoms with Crippen LogP contribution in [0.5, 0.6) is 0 Å². The first-order valence-electron chi connectivity index (χ1n) is 15.8. The maximum Gasteiger partial charge on any atom is 0.0547 e. The highest BCUT2D eigenvalue weighted by atomic mass is 15.1. The third-order valence-electron chi connectivity index (χ3n) is 10.1. The number of allylic oxidation sites excluding steroid dienone is 2. The molecule has 9 rings (SSSR count). The molecule has 1 fully saturated rings. The molecule has 44 heavy (non-hydrogen) atoms. The van der Waals surface area contributed by atoms with Crippen molar-refractivity contribution in [3.63, 3.8) is 0 Å². The van der Waals surface area contributed by atoms with Crippen molar-refractivity contribution in [1.29, 1.82) is 0 Å². The van der Waals surface area contributed by atoms with Crippen molar-refractivity contribution >= 4 is 49.6 Å². The second-order valence-electron chi connectivity index (χ2n) is 12.9. The van der Waals surface area contributed by atoms with E-state index in [0.29, 0.717) is 0 Å². The molecule has 2 aliphatic carbocycles. The largest absolute Gasteiger partial charge is 0.310 e. The van der Waals surface area contributed by atoms with Crippen LogP contribution in [0.15, 0.2) is 151 Å². The second-order valence-corrected chi connectivity index (χ2v) is 12.9. The van der Waals surface area contributed by atoms with Gasteiger partial charge in [-0.1, -0.05) is 104 Å². The molecule has 2 atom stereocenters. The van der Waals surface area contributed by atoms with E-state index in [9.17, 15) is 0 Å². The topological polar surface area (TPSA) is 8.17 Å². The summed E-state index contributed by atoms with van der Waals surface area (Å²) >= 11 is 0. The van der Waals surface area contributed by atoms with Crippen LogP contribution in [0.1, 0.15) is 31.7 Å². The van der Waals surface area contributed by atoms with Crippen LogP contribution in [-0.4, -0.2) is 4.57 Å². The number of anilines is 3. The van der Waals surface area contributed by atoms with Gasteiger partial charge in [0.1, 0.15) is 0 Å². The number of rotatable bonds is 5. The fourth-order valence-electron chi connectivity index (χ4n) is 7.77. The van der Waals surface area contributed by atoms with Crippen LogP contribution in [-0.2, 0) is 5.41 Å². The van der Waals surface area contributed by atoms with Crippen LogP contribution in [0.3, 0.4) is 0 Å². The summed E-state index contributed by atoms with van der Waals surface area (Å²) < 4.78 is 2.40. The quantitative estimate of drug-likeness (QED) is 0.188. The van der Waals surface area contributed by atoms with Gasteiger partial charge in [-0.05, 0) is 96.1 Å². The van der Waals surface area contributed by atoms with E-state index in [1.807, 2.05) is 0 Å². The molecule has 6 aromatic carbocycles. The first kappa shape index (κ1) is 25.4. The van der Waals surface area contributed by atoms with Crippen LogP contribution in [0, 0.1) is 5.92 Å². The van der Waals surface area contributed by atoms with E-state index >= 15 is 0 Å². The van der Waals surface area contributed by atoms with Gasteiger partial charge in [-0.25, -0.2) is 0 Å². The summed E-state index contributed by atoms with van der Waals surface area (Å²) in [7, 11) is 0. The smallest absolute Gasteiger partial charge is 0.0547 e. The molecular weight excluding hydrogens is 532 g/mol. The number of aromatic nitrogens is 1. The molecule has 1 saturated carbocycles.